The van der Waals surface area contributed by atoms with Crippen LogP contribution in [0.15, 0.2) is 28.7 Å². The van der Waals surface area contributed by atoms with Gasteiger partial charge in [-0.15, -0.1) is 0 Å². The van der Waals surface area contributed by atoms with Gasteiger partial charge in [-0.25, -0.2) is 8.42 Å². The Morgan fingerprint density at radius 2 is 1.83 bits per heavy atom. The van der Waals surface area contributed by atoms with Gasteiger partial charge in [-0.1, -0.05) is 34.1 Å². The van der Waals surface area contributed by atoms with Crippen molar-refractivity contribution in [3.05, 3.63) is 34.3 Å². The quantitative estimate of drug-likeness (QED) is 0.785. The highest BCUT2D eigenvalue weighted by Crippen LogP contribution is 2.17. The number of hydrogen-bond donors (Lipinski definition) is 0. The van der Waals surface area contributed by atoms with Gasteiger partial charge in [0.1, 0.15) is 0 Å². The summed E-state index contributed by atoms with van der Waals surface area (Å²) >= 11 is 3.34. The predicted octanol–water partition coefficient (Wildman–Crippen LogP) is 1.36. The summed E-state index contributed by atoms with van der Waals surface area (Å²) in [5.41, 5.74) is 0.644. The van der Waals surface area contributed by atoms with Gasteiger partial charge in [-0.2, -0.15) is 0 Å². The number of nitrogens with zero attached hydrogens (tertiary/aromatic N) is 1. The number of hydrogen-bond acceptors (Lipinski definition) is 4. The second-order valence-corrected chi connectivity index (χ2v) is 7.49. The van der Waals surface area contributed by atoms with Crippen molar-refractivity contribution in [1.82, 2.24) is 4.90 Å². The fourth-order valence-corrected chi connectivity index (χ4v) is 3.67. The first kappa shape index (κ1) is 13.7. The maximum absolute atomic E-state index is 12.1. The SMILES string of the molecule is O=C(CN1CCS(=O)(=O)CC1)c1ccccc1Br. The third kappa shape index (κ3) is 3.40. The standard InChI is InChI=1S/C12H14BrNO3S/c13-11-4-2-1-3-10(11)12(15)9-14-5-7-18(16,17)8-6-14/h1-4H,5-9H2. The topological polar surface area (TPSA) is 54.5 Å². The Kier molecular flexibility index (Phi) is 4.19. The maximum Gasteiger partial charge on any atom is 0.177 e. The van der Waals surface area contributed by atoms with E-state index in [0.717, 1.165) is 4.47 Å². The molecule has 0 N–H and O–H groups in total. The third-order valence-electron chi connectivity index (χ3n) is 2.98. The normalized spacial score (nSPS) is 19.6. The van der Waals surface area contributed by atoms with Crippen molar-refractivity contribution in [3.63, 3.8) is 0 Å². The van der Waals surface area contributed by atoms with Gasteiger partial charge in [0, 0.05) is 23.1 Å². The van der Waals surface area contributed by atoms with E-state index in [1.165, 1.54) is 0 Å². The van der Waals surface area contributed by atoms with Crippen LogP contribution in [0, 0.1) is 0 Å². The molecule has 1 aliphatic heterocycles. The summed E-state index contributed by atoms with van der Waals surface area (Å²) in [7, 11) is -2.89. The van der Waals surface area contributed by atoms with Crippen LogP contribution < -0.4 is 0 Å². The molecular formula is C12H14BrNO3S. The molecule has 0 amide bonds. The van der Waals surface area contributed by atoms with E-state index in [1.807, 2.05) is 23.1 Å². The molecule has 1 aliphatic rings. The van der Waals surface area contributed by atoms with Crippen molar-refractivity contribution in [2.24, 2.45) is 0 Å². The van der Waals surface area contributed by atoms with Crippen LogP contribution in [0.2, 0.25) is 0 Å². The van der Waals surface area contributed by atoms with E-state index < -0.39 is 9.84 Å². The summed E-state index contributed by atoms with van der Waals surface area (Å²) in [6, 6.07) is 7.27. The van der Waals surface area contributed by atoms with Crippen LogP contribution >= 0.6 is 15.9 Å². The summed E-state index contributed by atoms with van der Waals surface area (Å²) in [6.45, 7) is 1.16. The summed E-state index contributed by atoms with van der Waals surface area (Å²) < 4.78 is 23.4. The van der Waals surface area contributed by atoms with Gasteiger partial charge in [-0.05, 0) is 6.07 Å². The lowest BCUT2D eigenvalue weighted by Crippen LogP contribution is -2.42. The van der Waals surface area contributed by atoms with Crippen molar-refractivity contribution < 1.29 is 13.2 Å². The Morgan fingerprint density at radius 1 is 1.22 bits per heavy atom. The molecule has 6 heteroatoms. The van der Waals surface area contributed by atoms with Crippen LogP contribution in [-0.4, -0.2) is 50.2 Å². The molecule has 2 rings (SSSR count). The molecule has 0 spiro atoms. The molecule has 1 heterocycles. The number of Topliss-reactive ketones (excluding diaryl/α,β-unsaturated/α-hetero) is 1. The van der Waals surface area contributed by atoms with Crippen LogP contribution in [0.25, 0.3) is 0 Å². The molecule has 1 aromatic carbocycles. The molecule has 1 saturated heterocycles. The first-order valence-corrected chi connectivity index (χ1v) is 8.30. The van der Waals surface area contributed by atoms with Crippen LogP contribution in [0.5, 0.6) is 0 Å². The lowest BCUT2D eigenvalue weighted by atomic mass is 10.1. The zero-order valence-electron chi connectivity index (χ0n) is 9.80. The predicted molar refractivity (Wildman–Crippen MR) is 73.6 cm³/mol. The van der Waals surface area contributed by atoms with Crippen molar-refractivity contribution in [2.75, 3.05) is 31.1 Å². The maximum atomic E-state index is 12.1. The number of sulfone groups is 1. The Hall–Kier alpha value is -0.720. The van der Waals surface area contributed by atoms with Gasteiger partial charge < -0.3 is 0 Å². The lowest BCUT2D eigenvalue weighted by Gasteiger charge is -2.25. The third-order valence-corrected chi connectivity index (χ3v) is 5.28. The van der Waals surface area contributed by atoms with E-state index in [-0.39, 0.29) is 23.8 Å². The zero-order chi connectivity index (χ0) is 13.2. The van der Waals surface area contributed by atoms with Crippen LogP contribution in [-0.2, 0) is 9.84 Å². The van der Waals surface area contributed by atoms with Crippen molar-refractivity contribution in [1.29, 1.82) is 0 Å². The molecule has 18 heavy (non-hydrogen) atoms. The Morgan fingerprint density at radius 3 is 2.44 bits per heavy atom. The van der Waals surface area contributed by atoms with E-state index in [1.54, 1.807) is 6.07 Å². The van der Waals surface area contributed by atoms with Gasteiger partial charge in [0.05, 0.1) is 18.1 Å². The minimum Gasteiger partial charge on any atom is -0.294 e. The summed E-state index contributed by atoms with van der Waals surface area (Å²) in [5.74, 6) is 0.314. The lowest BCUT2D eigenvalue weighted by molar-refractivity contribution is 0.0935. The van der Waals surface area contributed by atoms with Crippen molar-refractivity contribution in [3.8, 4) is 0 Å². The van der Waals surface area contributed by atoms with Crippen LogP contribution in [0.4, 0.5) is 0 Å². The molecule has 0 aliphatic carbocycles. The highest BCUT2D eigenvalue weighted by Gasteiger charge is 2.23. The average molecular weight is 332 g/mol. The minimum atomic E-state index is -2.89. The second kappa shape index (κ2) is 5.50. The molecule has 0 radical (unpaired) electrons. The zero-order valence-corrected chi connectivity index (χ0v) is 12.2. The highest BCUT2D eigenvalue weighted by molar-refractivity contribution is 9.10. The monoisotopic (exact) mass is 331 g/mol. The minimum absolute atomic E-state index is 0.0155. The van der Waals surface area contributed by atoms with Gasteiger partial charge in [0.2, 0.25) is 0 Å². The summed E-state index contributed by atoms with van der Waals surface area (Å²) in [4.78, 5) is 14.0. The smallest absolute Gasteiger partial charge is 0.177 e. The number of benzene rings is 1. The van der Waals surface area contributed by atoms with E-state index >= 15 is 0 Å². The van der Waals surface area contributed by atoms with Gasteiger partial charge in [-0.3, -0.25) is 9.69 Å². The average Bonchev–Trinajstić information content (AvgIpc) is 2.32. The summed E-state index contributed by atoms with van der Waals surface area (Å²) in [6.07, 6.45) is 0. The van der Waals surface area contributed by atoms with E-state index in [4.69, 9.17) is 0 Å². The largest absolute Gasteiger partial charge is 0.294 e. The van der Waals surface area contributed by atoms with Crippen LogP contribution in [0.1, 0.15) is 10.4 Å². The molecule has 0 aromatic heterocycles. The number of ketones is 1. The molecule has 4 nitrogen and oxygen atoms in total. The molecular weight excluding hydrogens is 318 g/mol. The summed E-state index contributed by atoms with van der Waals surface area (Å²) in [5, 5.41) is 0. The van der Waals surface area contributed by atoms with Crippen molar-refractivity contribution >= 4 is 31.6 Å². The highest BCUT2D eigenvalue weighted by atomic mass is 79.9. The fraction of sp³-hybridized carbons (Fsp3) is 0.417. The van der Waals surface area contributed by atoms with E-state index in [0.29, 0.717) is 18.7 Å². The first-order chi connectivity index (χ1) is 8.48. The van der Waals surface area contributed by atoms with E-state index in [2.05, 4.69) is 15.9 Å². The van der Waals surface area contributed by atoms with Gasteiger partial charge in [0.25, 0.3) is 0 Å². The Bertz CT molecular complexity index is 542. The number of carbonyl (C=O) groups excluding carboxylic acids is 1. The molecule has 0 unspecified atom stereocenters. The number of carbonyl (C=O) groups is 1. The van der Waals surface area contributed by atoms with E-state index in [9.17, 15) is 13.2 Å². The molecule has 0 atom stereocenters. The van der Waals surface area contributed by atoms with Gasteiger partial charge in [0.15, 0.2) is 15.6 Å². The first-order valence-electron chi connectivity index (χ1n) is 5.68. The van der Waals surface area contributed by atoms with Crippen LogP contribution in [0.3, 0.4) is 0 Å². The molecule has 1 fully saturated rings. The Balaban J connectivity index is 1.99. The Labute approximate surface area is 115 Å². The number of rotatable bonds is 3. The molecule has 98 valence electrons. The van der Waals surface area contributed by atoms with Gasteiger partial charge >= 0.3 is 0 Å². The molecule has 1 aromatic rings. The molecule has 0 bridgehead atoms. The van der Waals surface area contributed by atoms with Crippen molar-refractivity contribution in [2.45, 2.75) is 0 Å². The fourth-order valence-electron chi connectivity index (χ4n) is 1.88. The second-order valence-electron chi connectivity index (χ2n) is 4.33. The number of halogens is 1. The molecule has 0 saturated carbocycles.